The van der Waals surface area contributed by atoms with Crippen LogP contribution in [0.1, 0.15) is 56.2 Å². The normalized spacial score (nSPS) is 11.1. The van der Waals surface area contributed by atoms with Crippen LogP contribution in [0, 0.1) is 5.92 Å². The molecule has 0 aliphatic rings. The molecule has 4 N–H and O–H groups in total. The molecule has 0 saturated heterocycles. The second-order valence-electron chi connectivity index (χ2n) is 12.3. The highest BCUT2D eigenvalue weighted by atomic mass is 16.6. The summed E-state index contributed by atoms with van der Waals surface area (Å²) in [5.74, 6) is -0.819. The van der Waals surface area contributed by atoms with E-state index in [0.29, 0.717) is 19.3 Å². The van der Waals surface area contributed by atoms with Crippen LogP contribution in [0.2, 0.25) is 0 Å². The Morgan fingerprint density at radius 2 is 0.923 bits per heavy atom. The summed E-state index contributed by atoms with van der Waals surface area (Å²) in [5, 5.41) is 10.9. The van der Waals surface area contributed by atoms with E-state index in [1.165, 1.54) is 4.90 Å². The Hall–Kier alpha value is -5.59. The molecule has 13 heteroatoms. The third-order valence-corrected chi connectivity index (χ3v) is 7.80. The minimum atomic E-state index is -0.787. The van der Waals surface area contributed by atoms with E-state index in [9.17, 15) is 24.0 Å². The Labute approximate surface area is 305 Å². The van der Waals surface area contributed by atoms with Crippen molar-refractivity contribution in [1.29, 1.82) is 0 Å². The minimum absolute atomic E-state index is 0.0804. The molecule has 1 atom stereocenters. The summed E-state index contributed by atoms with van der Waals surface area (Å²) < 4.78 is 15.7. The van der Waals surface area contributed by atoms with Crippen LogP contribution in [0.5, 0.6) is 0 Å². The van der Waals surface area contributed by atoms with Gasteiger partial charge in [0, 0.05) is 39.1 Å². The van der Waals surface area contributed by atoms with E-state index in [0.717, 1.165) is 16.7 Å². The molecular formula is C39H51N5O8. The molecule has 0 aliphatic heterocycles. The number of benzene rings is 3. The van der Waals surface area contributed by atoms with Crippen LogP contribution in [0.3, 0.4) is 0 Å². The fourth-order valence-electron chi connectivity index (χ4n) is 5.15. The number of rotatable bonds is 21. The van der Waals surface area contributed by atoms with E-state index in [1.54, 1.807) is 0 Å². The fraction of sp³-hybridized carbons (Fsp3) is 0.410. The maximum absolute atomic E-state index is 13.6. The third-order valence-electron chi connectivity index (χ3n) is 7.80. The van der Waals surface area contributed by atoms with Crippen molar-refractivity contribution in [3.05, 3.63) is 108 Å². The number of carbonyl (C=O) groups is 5. The van der Waals surface area contributed by atoms with E-state index in [1.807, 2.05) is 105 Å². The maximum Gasteiger partial charge on any atom is 0.407 e. The summed E-state index contributed by atoms with van der Waals surface area (Å²) in [4.78, 5) is 65.1. The molecule has 0 spiro atoms. The zero-order valence-corrected chi connectivity index (χ0v) is 30.0. The van der Waals surface area contributed by atoms with E-state index < -0.39 is 24.3 Å². The molecule has 0 fully saturated rings. The van der Waals surface area contributed by atoms with Crippen molar-refractivity contribution >= 4 is 30.1 Å². The number of ether oxygens (including phenoxy) is 3. The summed E-state index contributed by atoms with van der Waals surface area (Å²) in [6, 6.07) is 27.2. The lowest BCUT2D eigenvalue weighted by Gasteiger charge is -2.34. The number of nitrogens with zero attached hydrogens (tertiary/aromatic N) is 1. The summed E-state index contributed by atoms with van der Waals surface area (Å²) in [7, 11) is 0. The molecule has 0 saturated carbocycles. The molecule has 0 heterocycles. The standard InChI is InChI=1S/C39H51N5O8/c1-30(2)35(36(46)40-23-13-24-42-38(48)51-28-32-17-8-4-9-18-32)44(26-14-25-43-39(49)52-29-33-19-10-5-11-20-33)34(45)21-12-22-41-37(47)50-27-31-15-6-3-7-16-31/h3-11,15-20,30,35H,12-14,21-29H2,1-2H3,(H,40,46)(H,41,47)(H,42,48)(H,43,49). The van der Waals surface area contributed by atoms with Crippen LogP contribution < -0.4 is 21.3 Å². The quantitative estimate of drug-likeness (QED) is 0.0853. The molecule has 3 rings (SSSR count). The monoisotopic (exact) mass is 717 g/mol. The van der Waals surface area contributed by atoms with Gasteiger partial charge in [-0.25, -0.2) is 14.4 Å². The highest BCUT2D eigenvalue weighted by Gasteiger charge is 2.31. The zero-order chi connectivity index (χ0) is 37.4. The lowest BCUT2D eigenvalue weighted by atomic mass is 10.00. The predicted octanol–water partition coefficient (Wildman–Crippen LogP) is 5.30. The number of carbonyl (C=O) groups excluding carboxylic acids is 5. The highest BCUT2D eigenvalue weighted by Crippen LogP contribution is 2.15. The first kappa shape index (κ1) is 40.8. The van der Waals surface area contributed by atoms with Gasteiger partial charge in [0.15, 0.2) is 0 Å². The molecule has 0 bridgehead atoms. The average molecular weight is 718 g/mol. The summed E-state index contributed by atoms with van der Waals surface area (Å²) in [5.41, 5.74) is 2.59. The summed E-state index contributed by atoms with van der Waals surface area (Å²) in [6.45, 7) is 5.33. The molecule has 1 unspecified atom stereocenters. The zero-order valence-electron chi connectivity index (χ0n) is 30.0. The first-order valence-electron chi connectivity index (χ1n) is 17.6. The van der Waals surface area contributed by atoms with Crippen molar-refractivity contribution in [1.82, 2.24) is 26.2 Å². The lowest BCUT2D eigenvalue weighted by Crippen LogP contribution is -2.53. The maximum atomic E-state index is 13.6. The molecule has 13 nitrogen and oxygen atoms in total. The van der Waals surface area contributed by atoms with Gasteiger partial charge in [-0.05, 0) is 41.9 Å². The Morgan fingerprint density at radius 1 is 0.538 bits per heavy atom. The molecule has 3 aromatic carbocycles. The fourth-order valence-corrected chi connectivity index (χ4v) is 5.15. The van der Waals surface area contributed by atoms with Crippen molar-refractivity contribution in [2.75, 3.05) is 32.7 Å². The lowest BCUT2D eigenvalue weighted by molar-refractivity contribution is -0.142. The van der Waals surface area contributed by atoms with Gasteiger partial charge in [-0.15, -0.1) is 0 Å². The number of alkyl carbamates (subject to hydrolysis) is 3. The van der Waals surface area contributed by atoms with Gasteiger partial charge < -0.3 is 40.4 Å². The molecule has 0 aliphatic carbocycles. The first-order chi connectivity index (χ1) is 25.2. The van der Waals surface area contributed by atoms with Crippen LogP contribution in [0.25, 0.3) is 0 Å². The topological polar surface area (TPSA) is 164 Å². The Bertz CT molecular complexity index is 1510. The molecule has 3 aromatic rings. The van der Waals surface area contributed by atoms with Gasteiger partial charge in [0.1, 0.15) is 25.9 Å². The van der Waals surface area contributed by atoms with Gasteiger partial charge in [0.05, 0.1) is 0 Å². The SMILES string of the molecule is CC(C)C(C(=O)NCCCNC(=O)OCc1ccccc1)N(CCCNC(=O)OCc1ccccc1)C(=O)CCCNC(=O)OCc1ccccc1. The van der Waals surface area contributed by atoms with E-state index in [4.69, 9.17) is 14.2 Å². The largest absolute Gasteiger partial charge is 0.445 e. The smallest absolute Gasteiger partial charge is 0.407 e. The molecule has 0 radical (unpaired) electrons. The van der Waals surface area contributed by atoms with E-state index in [-0.39, 0.29) is 76.7 Å². The van der Waals surface area contributed by atoms with Gasteiger partial charge in [-0.2, -0.15) is 0 Å². The van der Waals surface area contributed by atoms with Crippen LogP contribution >= 0.6 is 0 Å². The van der Waals surface area contributed by atoms with Gasteiger partial charge in [-0.1, -0.05) is 105 Å². The predicted molar refractivity (Wildman–Crippen MR) is 196 cm³/mol. The van der Waals surface area contributed by atoms with Crippen LogP contribution in [-0.4, -0.2) is 73.8 Å². The van der Waals surface area contributed by atoms with Crippen molar-refractivity contribution in [2.24, 2.45) is 5.92 Å². The second kappa shape index (κ2) is 23.7. The summed E-state index contributed by atoms with van der Waals surface area (Å²) in [6.07, 6.45) is -0.480. The third kappa shape index (κ3) is 16.4. The van der Waals surface area contributed by atoms with Gasteiger partial charge in [0.25, 0.3) is 0 Å². The Kier molecular flexibility index (Phi) is 18.6. The Balaban J connectivity index is 1.47. The average Bonchev–Trinajstić information content (AvgIpc) is 3.16. The molecule has 280 valence electrons. The van der Waals surface area contributed by atoms with Gasteiger partial charge >= 0.3 is 18.3 Å². The van der Waals surface area contributed by atoms with Crippen molar-refractivity contribution < 1.29 is 38.2 Å². The number of nitrogens with one attached hydrogen (secondary N) is 4. The number of hydrogen-bond acceptors (Lipinski definition) is 8. The van der Waals surface area contributed by atoms with Crippen molar-refractivity contribution in [3.63, 3.8) is 0 Å². The molecular weight excluding hydrogens is 666 g/mol. The number of amides is 5. The molecule has 5 amide bonds. The van der Waals surface area contributed by atoms with Gasteiger partial charge in [-0.3, -0.25) is 9.59 Å². The van der Waals surface area contributed by atoms with Crippen LogP contribution in [-0.2, 0) is 43.6 Å². The number of hydrogen-bond donors (Lipinski definition) is 4. The van der Waals surface area contributed by atoms with Crippen molar-refractivity contribution in [2.45, 2.75) is 65.4 Å². The van der Waals surface area contributed by atoms with Gasteiger partial charge in [0.2, 0.25) is 11.8 Å². The highest BCUT2D eigenvalue weighted by molar-refractivity contribution is 5.88. The van der Waals surface area contributed by atoms with E-state index >= 15 is 0 Å². The van der Waals surface area contributed by atoms with Crippen LogP contribution in [0.15, 0.2) is 91.0 Å². The van der Waals surface area contributed by atoms with Crippen molar-refractivity contribution in [3.8, 4) is 0 Å². The van der Waals surface area contributed by atoms with Crippen LogP contribution in [0.4, 0.5) is 14.4 Å². The Morgan fingerprint density at radius 3 is 1.35 bits per heavy atom. The minimum Gasteiger partial charge on any atom is -0.445 e. The molecule has 52 heavy (non-hydrogen) atoms. The first-order valence-corrected chi connectivity index (χ1v) is 17.6. The second-order valence-corrected chi connectivity index (χ2v) is 12.3. The molecule has 0 aromatic heterocycles. The van der Waals surface area contributed by atoms with E-state index in [2.05, 4.69) is 21.3 Å². The summed E-state index contributed by atoms with van der Waals surface area (Å²) >= 11 is 0.